The van der Waals surface area contributed by atoms with E-state index in [1.165, 1.54) is 0 Å². The third kappa shape index (κ3) is 3.16. The average molecular weight is 345 g/mol. The SMILES string of the molecule is CC1CC(=O)N2CCN(CCC3CCC4OC(F)(F)OC4C3)C2N1. The monoisotopic (exact) mass is 345 g/mol. The summed E-state index contributed by atoms with van der Waals surface area (Å²) in [5.74, 6) is 0.586. The van der Waals surface area contributed by atoms with E-state index in [-0.39, 0.29) is 18.2 Å². The van der Waals surface area contributed by atoms with Crippen molar-refractivity contribution >= 4 is 5.91 Å². The summed E-state index contributed by atoms with van der Waals surface area (Å²) in [5.41, 5.74) is 0. The van der Waals surface area contributed by atoms with Crippen LogP contribution < -0.4 is 5.32 Å². The summed E-state index contributed by atoms with van der Waals surface area (Å²) in [4.78, 5) is 16.3. The number of carbonyl (C=O) groups is 1. The van der Waals surface area contributed by atoms with Gasteiger partial charge < -0.3 is 4.90 Å². The van der Waals surface area contributed by atoms with Gasteiger partial charge in [-0.05, 0) is 38.5 Å². The molecule has 4 aliphatic rings. The molecule has 24 heavy (non-hydrogen) atoms. The molecule has 3 saturated heterocycles. The molecule has 1 saturated carbocycles. The van der Waals surface area contributed by atoms with Gasteiger partial charge in [-0.25, -0.2) is 0 Å². The van der Waals surface area contributed by atoms with Crippen molar-refractivity contribution in [2.45, 2.75) is 69.9 Å². The normalized spacial score (nSPS) is 42.2. The Balaban J connectivity index is 1.29. The van der Waals surface area contributed by atoms with Gasteiger partial charge in [-0.15, -0.1) is 8.78 Å². The summed E-state index contributed by atoms with van der Waals surface area (Å²) >= 11 is 0. The maximum atomic E-state index is 13.2. The quantitative estimate of drug-likeness (QED) is 0.836. The minimum atomic E-state index is -3.41. The fraction of sp³-hybridized carbons (Fsp3) is 0.938. The lowest BCUT2D eigenvalue weighted by Crippen LogP contribution is -2.59. The summed E-state index contributed by atoms with van der Waals surface area (Å²) in [6.07, 6.45) is -0.713. The van der Waals surface area contributed by atoms with Crippen molar-refractivity contribution in [1.29, 1.82) is 0 Å². The molecule has 136 valence electrons. The number of alkyl halides is 2. The Morgan fingerprint density at radius 2 is 2.04 bits per heavy atom. The smallest absolute Gasteiger partial charge is 0.313 e. The number of nitrogens with zero attached hydrogens (tertiary/aromatic N) is 2. The number of rotatable bonds is 3. The van der Waals surface area contributed by atoms with Gasteiger partial charge >= 0.3 is 6.29 Å². The molecule has 0 radical (unpaired) electrons. The molecular formula is C16H25F2N3O3. The van der Waals surface area contributed by atoms with Crippen LogP contribution in [-0.2, 0) is 14.3 Å². The van der Waals surface area contributed by atoms with Gasteiger partial charge in [0.2, 0.25) is 5.91 Å². The van der Waals surface area contributed by atoms with Gasteiger partial charge in [-0.3, -0.25) is 24.5 Å². The van der Waals surface area contributed by atoms with Gasteiger partial charge in [0, 0.05) is 32.1 Å². The number of halogens is 2. The fourth-order valence-corrected chi connectivity index (χ4v) is 4.49. The number of hydrogen-bond acceptors (Lipinski definition) is 5. The molecule has 8 heteroatoms. The minimum absolute atomic E-state index is 0.00649. The van der Waals surface area contributed by atoms with E-state index in [0.29, 0.717) is 25.2 Å². The van der Waals surface area contributed by atoms with Crippen LogP contribution in [0, 0.1) is 5.92 Å². The van der Waals surface area contributed by atoms with E-state index in [0.717, 1.165) is 32.5 Å². The predicted octanol–water partition coefficient (Wildman–Crippen LogP) is 1.32. The van der Waals surface area contributed by atoms with Crippen LogP contribution in [0.2, 0.25) is 0 Å². The molecule has 6 nitrogen and oxygen atoms in total. The highest BCUT2D eigenvalue weighted by Crippen LogP contribution is 2.41. The van der Waals surface area contributed by atoms with Crippen LogP contribution in [0.1, 0.15) is 39.0 Å². The van der Waals surface area contributed by atoms with Gasteiger partial charge in [0.05, 0.1) is 12.2 Å². The number of fused-ring (bicyclic) bond motifs is 2. The predicted molar refractivity (Wildman–Crippen MR) is 80.9 cm³/mol. The van der Waals surface area contributed by atoms with E-state index in [4.69, 9.17) is 4.74 Å². The summed E-state index contributed by atoms with van der Waals surface area (Å²) in [6, 6.07) is 0.195. The molecule has 0 aromatic carbocycles. The number of amides is 1. The zero-order chi connectivity index (χ0) is 16.9. The summed E-state index contributed by atoms with van der Waals surface area (Å²) in [6.45, 7) is 4.53. The number of nitrogens with one attached hydrogen (secondary N) is 1. The van der Waals surface area contributed by atoms with E-state index in [9.17, 15) is 13.6 Å². The maximum Gasteiger partial charge on any atom is 0.486 e. The first-order valence-corrected chi connectivity index (χ1v) is 8.94. The minimum Gasteiger partial charge on any atom is -0.313 e. The van der Waals surface area contributed by atoms with E-state index in [1.54, 1.807) is 0 Å². The Bertz CT molecular complexity index is 507. The molecule has 0 bridgehead atoms. The lowest BCUT2D eigenvalue weighted by atomic mass is 9.83. The zero-order valence-corrected chi connectivity index (χ0v) is 13.9. The first-order chi connectivity index (χ1) is 11.4. The van der Waals surface area contributed by atoms with Gasteiger partial charge in [-0.2, -0.15) is 0 Å². The second-order valence-corrected chi connectivity index (χ2v) is 7.51. The molecule has 1 amide bonds. The van der Waals surface area contributed by atoms with Crippen LogP contribution in [-0.4, -0.2) is 66.2 Å². The van der Waals surface area contributed by atoms with Crippen LogP contribution in [0.25, 0.3) is 0 Å². The molecule has 1 aliphatic carbocycles. The summed E-state index contributed by atoms with van der Waals surface area (Å²) in [7, 11) is 0. The van der Waals surface area contributed by atoms with E-state index >= 15 is 0 Å². The molecular weight excluding hydrogens is 320 g/mol. The standard InChI is InChI=1S/C16H25F2N3O3/c1-10-8-14(22)21-7-6-20(15(21)19-10)5-4-11-2-3-12-13(9-11)24-16(17,18)23-12/h10-13,15,19H,2-9H2,1H3. The molecule has 4 fully saturated rings. The molecule has 5 atom stereocenters. The van der Waals surface area contributed by atoms with Crippen LogP contribution in [0.3, 0.4) is 0 Å². The highest BCUT2D eigenvalue weighted by Gasteiger charge is 2.51. The van der Waals surface area contributed by atoms with E-state index in [2.05, 4.69) is 15.0 Å². The van der Waals surface area contributed by atoms with Crippen molar-refractivity contribution in [3.63, 3.8) is 0 Å². The largest absolute Gasteiger partial charge is 0.486 e. The first kappa shape index (κ1) is 16.6. The summed E-state index contributed by atoms with van der Waals surface area (Å²) < 4.78 is 35.7. The molecule has 0 aromatic heterocycles. The third-order valence-corrected chi connectivity index (χ3v) is 5.75. The topological polar surface area (TPSA) is 54.0 Å². The lowest BCUT2D eigenvalue weighted by molar-refractivity contribution is -0.351. The van der Waals surface area contributed by atoms with Gasteiger partial charge in [0.1, 0.15) is 6.29 Å². The van der Waals surface area contributed by atoms with Gasteiger partial charge in [0.25, 0.3) is 0 Å². The third-order valence-electron chi connectivity index (χ3n) is 5.75. The number of carbonyl (C=O) groups excluding carboxylic acids is 1. The van der Waals surface area contributed by atoms with Crippen molar-refractivity contribution in [3.05, 3.63) is 0 Å². The molecule has 0 spiro atoms. The Labute approximate surface area is 140 Å². The van der Waals surface area contributed by atoms with Crippen molar-refractivity contribution in [1.82, 2.24) is 15.1 Å². The molecule has 4 rings (SSSR count). The first-order valence-electron chi connectivity index (χ1n) is 8.94. The van der Waals surface area contributed by atoms with Crippen LogP contribution in [0.4, 0.5) is 8.78 Å². The highest BCUT2D eigenvalue weighted by molar-refractivity contribution is 5.78. The fourth-order valence-electron chi connectivity index (χ4n) is 4.49. The van der Waals surface area contributed by atoms with Crippen LogP contribution in [0.5, 0.6) is 0 Å². The highest BCUT2D eigenvalue weighted by atomic mass is 19.3. The van der Waals surface area contributed by atoms with Crippen molar-refractivity contribution in [2.75, 3.05) is 19.6 Å². The Hall–Kier alpha value is -0.830. The number of ether oxygens (including phenoxy) is 2. The Kier molecular flexibility index (Phi) is 4.27. The second-order valence-electron chi connectivity index (χ2n) is 7.51. The Morgan fingerprint density at radius 3 is 2.88 bits per heavy atom. The Morgan fingerprint density at radius 1 is 1.25 bits per heavy atom. The molecule has 5 unspecified atom stereocenters. The average Bonchev–Trinajstić information content (AvgIpc) is 3.03. The molecule has 3 heterocycles. The second kappa shape index (κ2) is 6.16. The lowest BCUT2D eigenvalue weighted by Gasteiger charge is -2.38. The van der Waals surface area contributed by atoms with E-state index < -0.39 is 18.5 Å². The molecule has 1 N–H and O–H groups in total. The molecule has 3 aliphatic heterocycles. The van der Waals surface area contributed by atoms with Gasteiger partial charge in [-0.1, -0.05) is 0 Å². The number of hydrogen-bond donors (Lipinski definition) is 1. The maximum absolute atomic E-state index is 13.2. The summed E-state index contributed by atoms with van der Waals surface area (Å²) in [5, 5.41) is 3.48. The van der Waals surface area contributed by atoms with Crippen molar-refractivity contribution < 1.29 is 23.0 Å². The van der Waals surface area contributed by atoms with E-state index in [1.807, 2.05) is 11.8 Å². The van der Waals surface area contributed by atoms with Crippen molar-refractivity contribution in [3.8, 4) is 0 Å². The molecule has 0 aromatic rings. The van der Waals surface area contributed by atoms with Crippen LogP contribution in [0.15, 0.2) is 0 Å². The van der Waals surface area contributed by atoms with Crippen molar-refractivity contribution in [2.24, 2.45) is 5.92 Å². The van der Waals surface area contributed by atoms with Crippen LogP contribution >= 0.6 is 0 Å². The zero-order valence-electron chi connectivity index (χ0n) is 13.9. The van der Waals surface area contributed by atoms with Gasteiger partial charge in [0.15, 0.2) is 0 Å².